The molecule has 0 unspecified atom stereocenters. The second kappa shape index (κ2) is 5.06. The molecule has 0 aromatic heterocycles. The SMILES string of the molecule is CC(=O)c1ccc(-c2cc(C(N)=O)ccc2C)cc1. The monoisotopic (exact) mass is 253 g/mol. The highest BCUT2D eigenvalue weighted by atomic mass is 16.1. The first-order valence-corrected chi connectivity index (χ1v) is 6.01. The highest BCUT2D eigenvalue weighted by Gasteiger charge is 2.07. The number of Topliss-reactive ketones (excluding diaryl/α,β-unsaturated/α-hetero) is 1. The fourth-order valence-corrected chi connectivity index (χ4v) is 1.97. The molecular formula is C16H15NO2. The quantitative estimate of drug-likeness (QED) is 0.855. The second-order valence-corrected chi connectivity index (χ2v) is 4.53. The van der Waals surface area contributed by atoms with Crippen LogP contribution in [0.2, 0.25) is 0 Å². The van der Waals surface area contributed by atoms with Gasteiger partial charge >= 0.3 is 0 Å². The summed E-state index contributed by atoms with van der Waals surface area (Å²) in [7, 11) is 0. The normalized spacial score (nSPS) is 10.2. The predicted octanol–water partition coefficient (Wildman–Crippen LogP) is 2.96. The number of carbonyl (C=O) groups excluding carboxylic acids is 2. The molecule has 0 radical (unpaired) electrons. The molecule has 0 atom stereocenters. The summed E-state index contributed by atoms with van der Waals surface area (Å²) in [6.45, 7) is 3.51. The lowest BCUT2D eigenvalue weighted by atomic mass is 9.96. The van der Waals surface area contributed by atoms with Crippen LogP contribution in [-0.4, -0.2) is 11.7 Å². The minimum absolute atomic E-state index is 0.0363. The zero-order chi connectivity index (χ0) is 14.0. The van der Waals surface area contributed by atoms with Crippen LogP contribution in [0.25, 0.3) is 11.1 Å². The van der Waals surface area contributed by atoms with Gasteiger partial charge in [-0.2, -0.15) is 0 Å². The lowest BCUT2D eigenvalue weighted by Crippen LogP contribution is -2.10. The van der Waals surface area contributed by atoms with Gasteiger partial charge in [-0.25, -0.2) is 0 Å². The number of primary amides is 1. The Hall–Kier alpha value is -2.42. The first kappa shape index (κ1) is 13.0. The molecular weight excluding hydrogens is 238 g/mol. The van der Waals surface area contributed by atoms with E-state index in [0.717, 1.165) is 16.7 Å². The van der Waals surface area contributed by atoms with Crippen LogP contribution in [0.1, 0.15) is 33.2 Å². The lowest BCUT2D eigenvalue weighted by Gasteiger charge is -2.08. The van der Waals surface area contributed by atoms with Crippen molar-refractivity contribution in [3.63, 3.8) is 0 Å². The van der Waals surface area contributed by atoms with E-state index in [2.05, 4.69) is 0 Å². The molecule has 0 saturated heterocycles. The molecule has 0 aliphatic carbocycles. The van der Waals surface area contributed by atoms with Gasteiger partial charge in [0.25, 0.3) is 0 Å². The van der Waals surface area contributed by atoms with Crippen molar-refractivity contribution in [2.75, 3.05) is 0 Å². The highest BCUT2D eigenvalue weighted by Crippen LogP contribution is 2.25. The summed E-state index contributed by atoms with van der Waals surface area (Å²) in [5.74, 6) is -0.407. The number of carbonyl (C=O) groups is 2. The maximum absolute atomic E-state index is 11.2. The molecule has 2 aromatic rings. The van der Waals surface area contributed by atoms with Gasteiger partial charge < -0.3 is 5.73 Å². The van der Waals surface area contributed by atoms with Crippen molar-refractivity contribution in [2.45, 2.75) is 13.8 Å². The molecule has 96 valence electrons. The van der Waals surface area contributed by atoms with Gasteiger partial charge in [0, 0.05) is 11.1 Å². The van der Waals surface area contributed by atoms with Crippen LogP contribution in [-0.2, 0) is 0 Å². The number of hydrogen-bond donors (Lipinski definition) is 1. The highest BCUT2D eigenvalue weighted by molar-refractivity contribution is 5.95. The summed E-state index contributed by atoms with van der Waals surface area (Å²) in [5.41, 5.74) is 9.42. The van der Waals surface area contributed by atoms with Crippen molar-refractivity contribution in [1.29, 1.82) is 0 Å². The summed E-state index contributed by atoms with van der Waals surface area (Å²) in [6, 6.07) is 12.7. The number of benzene rings is 2. The Morgan fingerprint density at radius 2 is 1.53 bits per heavy atom. The maximum atomic E-state index is 11.2. The fraction of sp³-hybridized carbons (Fsp3) is 0.125. The largest absolute Gasteiger partial charge is 0.366 e. The van der Waals surface area contributed by atoms with Gasteiger partial charge in [-0.15, -0.1) is 0 Å². The summed E-state index contributed by atoms with van der Waals surface area (Å²) in [6.07, 6.45) is 0. The van der Waals surface area contributed by atoms with Gasteiger partial charge in [-0.1, -0.05) is 30.3 Å². The predicted molar refractivity (Wildman–Crippen MR) is 75.1 cm³/mol. The van der Waals surface area contributed by atoms with E-state index in [1.54, 1.807) is 24.3 Å². The minimum atomic E-state index is -0.443. The van der Waals surface area contributed by atoms with Crippen molar-refractivity contribution in [3.8, 4) is 11.1 Å². The van der Waals surface area contributed by atoms with Crippen LogP contribution in [0.15, 0.2) is 42.5 Å². The molecule has 3 nitrogen and oxygen atoms in total. The number of rotatable bonds is 3. The third-order valence-electron chi connectivity index (χ3n) is 3.12. The van der Waals surface area contributed by atoms with Crippen LogP contribution in [0.3, 0.4) is 0 Å². The maximum Gasteiger partial charge on any atom is 0.248 e. The second-order valence-electron chi connectivity index (χ2n) is 4.53. The summed E-state index contributed by atoms with van der Waals surface area (Å²) in [5, 5.41) is 0. The lowest BCUT2D eigenvalue weighted by molar-refractivity contribution is 0.0996. The number of hydrogen-bond acceptors (Lipinski definition) is 2. The van der Waals surface area contributed by atoms with Gasteiger partial charge in [0.1, 0.15) is 0 Å². The van der Waals surface area contributed by atoms with Gasteiger partial charge in [0.05, 0.1) is 0 Å². The zero-order valence-electron chi connectivity index (χ0n) is 10.9. The van der Waals surface area contributed by atoms with Crippen LogP contribution < -0.4 is 5.73 Å². The van der Waals surface area contributed by atoms with E-state index in [-0.39, 0.29) is 5.78 Å². The standard InChI is InChI=1S/C16H15NO2/c1-10-3-4-14(16(17)19)9-15(10)13-7-5-12(6-8-13)11(2)18/h3-9H,1-2H3,(H2,17,19). The van der Waals surface area contributed by atoms with Gasteiger partial charge in [0.15, 0.2) is 5.78 Å². The molecule has 2 aromatic carbocycles. The van der Waals surface area contributed by atoms with E-state index >= 15 is 0 Å². The zero-order valence-corrected chi connectivity index (χ0v) is 10.9. The molecule has 0 aliphatic rings. The van der Waals surface area contributed by atoms with E-state index in [4.69, 9.17) is 5.73 Å². The van der Waals surface area contributed by atoms with Crippen molar-refractivity contribution in [3.05, 3.63) is 59.2 Å². The van der Waals surface area contributed by atoms with E-state index in [1.165, 1.54) is 6.92 Å². The molecule has 0 fully saturated rings. The molecule has 3 heteroatoms. The van der Waals surface area contributed by atoms with Crippen LogP contribution in [0, 0.1) is 6.92 Å². The Bertz CT molecular complexity index is 642. The van der Waals surface area contributed by atoms with Crippen molar-refractivity contribution in [2.24, 2.45) is 5.73 Å². The Kier molecular flexibility index (Phi) is 3.47. The Balaban J connectivity index is 2.48. The molecule has 0 spiro atoms. The van der Waals surface area contributed by atoms with E-state index in [1.807, 2.05) is 25.1 Å². The third kappa shape index (κ3) is 2.71. The summed E-state index contributed by atoms with van der Waals surface area (Å²) in [4.78, 5) is 22.5. The van der Waals surface area contributed by atoms with Crippen LogP contribution >= 0.6 is 0 Å². The number of ketones is 1. The van der Waals surface area contributed by atoms with Gasteiger partial charge in [-0.05, 0) is 42.7 Å². The smallest absolute Gasteiger partial charge is 0.248 e. The number of amides is 1. The van der Waals surface area contributed by atoms with Crippen molar-refractivity contribution >= 4 is 11.7 Å². The van der Waals surface area contributed by atoms with Crippen molar-refractivity contribution < 1.29 is 9.59 Å². The Labute approximate surface area is 112 Å². The fourth-order valence-electron chi connectivity index (χ4n) is 1.97. The molecule has 2 rings (SSSR count). The van der Waals surface area contributed by atoms with Crippen LogP contribution in [0.4, 0.5) is 0 Å². The van der Waals surface area contributed by atoms with Gasteiger partial charge in [-0.3, -0.25) is 9.59 Å². The van der Waals surface area contributed by atoms with Gasteiger partial charge in [0.2, 0.25) is 5.91 Å². The average molecular weight is 253 g/mol. The van der Waals surface area contributed by atoms with E-state index < -0.39 is 5.91 Å². The van der Waals surface area contributed by atoms with E-state index in [0.29, 0.717) is 11.1 Å². The molecule has 0 saturated carbocycles. The Morgan fingerprint density at radius 1 is 0.947 bits per heavy atom. The first-order chi connectivity index (χ1) is 8.99. The number of aryl methyl sites for hydroxylation is 1. The topological polar surface area (TPSA) is 60.2 Å². The van der Waals surface area contributed by atoms with E-state index in [9.17, 15) is 9.59 Å². The summed E-state index contributed by atoms with van der Waals surface area (Å²) < 4.78 is 0. The molecule has 1 amide bonds. The molecule has 0 bridgehead atoms. The average Bonchev–Trinajstić information content (AvgIpc) is 2.39. The molecule has 19 heavy (non-hydrogen) atoms. The molecule has 2 N–H and O–H groups in total. The van der Waals surface area contributed by atoms with Crippen LogP contribution in [0.5, 0.6) is 0 Å². The third-order valence-corrected chi connectivity index (χ3v) is 3.12. The number of nitrogens with two attached hydrogens (primary N) is 1. The van der Waals surface area contributed by atoms with Crippen molar-refractivity contribution in [1.82, 2.24) is 0 Å². The Morgan fingerprint density at radius 3 is 2.05 bits per heavy atom. The first-order valence-electron chi connectivity index (χ1n) is 6.01. The molecule has 0 aliphatic heterocycles. The minimum Gasteiger partial charge on any atom is -0.366 e. The summed E-state index contributed by atoms with van der Waals surface area (Å²) >= 11 is 0. The molecule has 0 heterocycles.